The summed E-state index contributed by atoms with van der Waals surface area (Å²) >= 11 is 0. The number of hydrogen-bond donors (Lipinski definition) is 0. The first-order chi connectivity index (χ1) is 9.23. The molecule has 2 nitrogen and oxygen atoms in total. The molecule has 0 N–H and O–H groups in total. The van der Waals surface area contributed by atoms with Crippen molar-refractivity contribution >= 4 is 0 Å². The van der Waals surface area contributed by atoms with Crippen molar-refractivity contribution < 1.29 is 11.9 Å². The molecule has 0 aliphatic carbocycles. The third-order valence-electron chi connectivity index (χ3n) is 3.07. The molecule has 1 aromatic carbocycles. The largest absolute Gasteiger partial charge is 0.379 e. The molecule has 0 aromatic heterocycles. The van der Waals surface area contributed by atoms with Gasteiger partial charge in [-0.3, -0.25) is 4.90 Å². The van der Waals surface area contributed by atoms with E-state index in [1.54, 1.807) is 17.0 Å². The molecule has 3 heteroatoms. The summed E-state index contributed by atoms with van der Waals surface area (Å²) in [5.41, 5.74) is 0.708. The first kappa shape index (κ1) is 10.9. The number of benzene rings is 1. The number of morpholine rings is 1. The zero-order valence-corrected chi connectivity index (χ0v) is 11.3. The lowest BCUT2D eigenvalue weighted by Gasteiger charge is -2.27. The quantitative estimate of drug-likeness (QED) is 0.803. The molecule has 0 amide bonds. The Bertz CT molecular complexity index is 479. The Labute approximate surface area is 112 Å². The van der Waals surface area contributed by atoms with Crippen LogP contribution >= 0.6 is 0 Å². The zero-order valence-electron chi connectivity index (χ0n) is 13.3. The van der Waals surface area contributed by atoms with Gasteiger partial charge in [0.15, 0.2) is 0 Å². The van der Waals surface area contributed by atoms with Crippen LogP contribution in [0, 0.1) is 5.82 Å². The van der Waals surface area contributed by atoms with E-state index in [9.17, 15) is 4.39 Å². The number of hydrogen-bond acceptors (Lipinski definition) is 2. The van der Waals surface area contributed by atoms with Crippen molar-refractivity contribution in [1.29, 1.82) is 0 Å². The summed E-state index contributed by atoms with van der Waals surface area (Å²) in [5.74, 6) is -0.279. The molecule has 18 heavy (non-hydrogen) atoms. The lowest BCUT2D eigenvalue weighted by Crippen LogP contribution is -2.35. The smallest absolute Gasteiger partial charge is 0.126 e. The summed E-state index contributed by atoms with van der Waals surface area (Å²) in [6.45, 7) is 6.36. The van der Waals surface area contributed by atoms with Gasteiger partial charge in [-0.05, 0) is 22.6 Å². The van der Waals surface area contributed by atoms with Gasteiger partial charge in [0.1, 0.15) is 5.82 Å². The van der Waals surface area contributed by atoms with Crippen LogP contribution < -0.4 is 0 Å². The number of nitrogens with zero attached hydrogens (tertiary/aromatic N) is 1. The molecule has 1 aliphatic heterocycles. The number of halogens is 1. The minimum absolute atomic E-state index is 0.279. The highest BCUT2D eigenvalue weighted by molar-refractivity contribution is 5.30. The second-order valence-corrected chi connectivity index (χ2v) is 5.66. The second kappa shape index (κ2) is 5.37. The topological polar surface area (TPSA) is 12.5 Å². The van der Waals surface area contributed by atoms with E-state index < -0.39 is 6.50 Å². The third-order valence-corrected chi connectivity index (χ3v) is 3.07. The lowest BCUT2D eigenvalue weighted by atomic mass is 9.85. The summed E-state index contributed by atoms with van der Waals surface area (Å²) in [4.78, 5) is 1.75. The second-order valence-electron chi connectivity index (χ2n) is 5.66. The van der Waals surface area contributed by atoms with Gasteiger partial charge in [-0.25, -0.2) is 4.39 Å². The molecule has 1 saturated heterocycles. The predicted molar refractivity (Wildman–Crippen MR) is 71.2 cm³/mol. The first-order valence-corrected chi connectivity index (χ1v) is 6.36. The fraction of sp³-hybridized carbons (Fsp3) is 0.600. The van der Waals surface area contributed by atoms with Crippen LogP contribution in [0.15, 0.2) is 18.2 Å². The molecule has 100 valence electrons. The van der Waals surface area contributed by atoms with E-state index in [2.05, 4.69) is 0 Å². The van der Waals surface area contributed by atoms with Gasteiger partial charge in [-0.15, -0.1) is 0 Å². The molecule has 0 unspecified atom stereocenters. The van der Waals surface area contributed by atoms with Crippen molar-refractivity contribution in [2.75, 3.05) is 26.3 Å². The molecule has 0 radical (unpaired) electrons. The van der Waals surface area contributed by atoms with Gasteiger partial charge >= 0.3 is 0 Å². The van der Waals surface area contributed by atoms with Gasteiger partial charge < -0.3 is 4.74 Å². The molecule has 0 bridgehead atoms. The van der Waals surface area contributed by atoms with Gasteiger partial charge in [0.2, 0.25) is 0 Å². The van der Waals surface area contributed by atoms with Crippen molar-refractivity contribution in [2.45, 2.75) is 32.7 Å². The Hall–Kier alpha value is -0.930. The van der Waals surface area contributed by atoms with E-state index in [1.807, 2.05) is 20.8 Å². The highest BCUT2D eigenvalue weighted by atomic mass is 19.1. The monoisotopic (exact) mass is 253 g/mol. The summed E-state index contributed by atoms with van der Waals surface area (Å²) in [6, 6.07) is 4.57. The molecule has 2 rings (SSSR count). The minimum atomic E-state index is -1.60. The number of ether oxygens (including phenoxy) is 1. The van der Waals surface area contributed by atoms with Crippen LogP contribution in [0.2, 0.25) is 0 Å². The average Bonchev–Trinajstić information content (AvgIpc) is 2.38. The average molecular weight is 253 g/mol. The molecule has 0 atom stereocenters. The highest BCUT2D eigenvalue weighted by Gasteiger charge is 2.19. The first-order valence-electron chi connectivity index (χ1n) is 7.36. The van der Waals surface area contributed by atoms with Crippen molar-refractivity contribution in [3.63, 3.8) is 0 Å². The molecule has 1 heterocycles. The molecule has 0 spiro atoms. The van der Waals surface area contributed by atoms with Crippen LogP contribution in [0.4, 0.5) is 4.39 Å². The molecule has 1 fully saturated rings. The van der Waals surface area contributed by atoms with Gasteiger partial charge in [-0.2, -0.15) is 0 Å². The van der Waals surface area contributed by atoms with Crippen LogP contribution in [0.1, 0.15) is 34.6 Å². The van der Waals surface area contributed by atoms with Crippen LogP contribution in [0.5, 0.6) is 0 Å². The third kappa shape index (κ3) is 3.30. The van der Waals surface area contributed by atoms with E-state index in [4.69, 9.17) is 7.48 Å². The lowest BCUT2D eigenvalue weighted by molar-refractivity contribution is 0.0341. The van der Waals surface area contributed by atoms with Gasteiger partial charge in [0.05, 0.1) is 13.2 Å². The SMILES string of the molecule is [2H]C([2H])(c1ccc(F)c(C(C)(C)C)c1)N1CCOCC1. The minimum Gasteiger partial charge on any atom is -0.379 e. The maximum absolute atomic E-state index is 13.9. The summed E-state index contributed by atoms with van der Waals surface area (Å²) < 4.78 is 35.9. The molecular weight excluding hydrogens is 229 g/mol. The predicted octanol–water partition coefficient (Wildman–Crippen LogP) is 2.96. The van der Waals surface area contributed by atoms with Crippen molar-refractivity contribution in [3.8, 4) is 0 Å². The van der Waals surface area contributed by atoms with Crippen molar-refractivity contribution in [1.82, 2.24) is 4.90 Å². The van der Waals surface area contributed by atoms with E-state index in [0.717, 1.165) is 0 Å². The van der Waals surface area contributed by atoms with E-state index >= 15 is 0 Å². The van der Waals surface area contributed by atoms with Crippen molar-refractivity contribution in [3.05, 3.63) is 35.1 Å². The standard InChI is InChI=1S/C15H22FNO/c1-15(2,3)13-10-12(4-5-14(13)16)11-17-6-8-18-9-7-17/h4-5,10H,6-9,11H2,1-3H3/i11D2. The van der Waals surface area contributed by atoms with E-state index in [0.29, 0.717) is 37.4 Å². The molecule has 1 aromatic rings. The summed E-state index contributed by atoms with van der Waals surface area (Å²) in [6.07, 6.45) is 0. The normalized spacial score (nSPS) is 20.4. The number of rotatable bonds is 2. The summed E-state index contributed by atoms with van der Waals surface area (Å²) in [5, 5.41) is 0. The van der Waals surface area contributed by atoms with Crippen LogP contribution in [-0.4, -0.2) is 31.2 Å². The Morgan fingerprint density at radius 2 is 2.00 bits per heavy atom. The van der Waals surface area contributed by atoms with Gasteiger partial charge in [0, 0.05) is 22.3 Å². The zero-order chi connectivity index (χ0) is 15.0. The maximum Gasteiger partial charge on any atom is 0.126 e. The fourth-order valence-corrected chi connectivity index (χ4v) is 2.03. The van der Waals surface area contributed by atoms with E-state index in [1.165, 1.54) is 6.07 Å². The Kier molecular flexibility index (Phi) is 3.26. The Balaban J connectivity index is 2.36. The van der Waals surface area contributed by atoms with Crippen LogP contribution in [0.25, 0.3) is 0 Å². The molecule has 1 aliphatic rings. The van der Waals surface area contributed by atoms with E-state index in [-0.39, 0.29) is 11.2 Å². The Morgan fingerprint density at radius 1 is 1.33 bits per heavy atom. The highest BCUT2D eigenvalue weighted by Crippen LogP contribution is 2.26. The molecular formula is C15H22FNO. The maximum atomic E-state index is 13.9. The summed E-state index contributed by atoms with van der Waals surface area (Å²) in [7, 11) is 0. The fourth-order valence-electron chi connectivity index (χ4n) is 2.03. The van der Waals surface area contributed by atoms with Gasteiger partial charge in [0.25, 0.3) is 0 Å². The van der Waals surface area contributed by atoms with Crippen molar-refractivity contribution in [2.24, 2.45) is 0 Å². The Morgan fingerprint density at radius 3 is 2.61 bits per heavy atom. The molecule has 0 saturated carbocycles. The van der Waals surface area contributed by atoms with Crippen LogP contribution in [0.3, 0.4) is 0 Å². The van der Waals surface area contributed by atoms with Crippen LogP contribution in [-0.2, 0) is 16.6 Å². The van der Waals surface area contributed by atoms with Gasteiger partial charge in [-0.1, -0.05) is 32.9 Å².